The van der Waals surface area contributed by atoms with Crippen molar-refractivity contribution in [1.29, 1.82) is 5.26 Å². The lowest BCUT2D eigenvalue weighted by Gasteiger charge is -2.41. The number of rotatable bonds is 9. The van der Waals surface area contributed by atoms with E-state index < -0.39 is 11.6 Å². The summed E-state index contributed by atoms with van der Waals surface area (Å²) in [5.41, 5.74) is 1.25. The molecule has 4 heterocycles. The number of piperazine rings is 1. The van der Waals surface area contributed by atoms with Crippen molar-refractivity contribution in [3.05, 3.63) is 53.7 Å². The van der Waals surface area contributed by atoms with Crippen molar-refractivity contribution >= 4 is 17.4 Å². The molecule has 10 nitrogen and oxygen atoms in total. The lowest BCUT2D eigenvalue weighted by atomic mass is 9.88. The van der Waals surface area contributed by atoms with Crippen molar-refractivity contribution in [2.24, 2.45) is 5.41 Å². The van der Waals surface area contributed by atoms with Gasteiger partial charge < -0.3 is 29.1 Å². The molecule has 3 aliphatic rings. The monoisotopic (exact) mass is 595 g/mol. The number of aromatic nitrogens is 2. The lowest BCUT2D eigenvalue weighted by Crippen LogP contribution is -2.55. The second-order valence-corrected chi connectivity index (χ2v) is 11.9. The van der Waals surface area contributed by atoms with Crippen LogP contribution in [-0.4, -0.2) is 98.4 Å². The highest BCUT2D eigenvalue weighted by atomic mass is 19.1. The predicted molar refractivity (Wildman–Crippen MR) is 158 cm³/mol. The van der Waals surface area contributed by atoms with Crippen LogP contribution in [0, 0.1) is 28.4 Å². The van der Waals surface area contributed by atoms with Gasteiger partial charge in [0, 0.05) is 50.3 Å². The van der Waals surface area contributed by atoms with Crippen LogP contribution in [-0.2, 0) is 22.5 Å². The zero-order chi connectivity index (χ0) is 30.6. The molecular formula is C31H39F2N7O3. The van der Waals surface area contributed by atoms with Gasteiger partial charge in [0.1, 0.15) is 29.7 Å². The zero-order valence-electron chi connectivity index (χ0n) is 24.9. The summed E-state index contributed by atoms with van der Waals surface area (Å²) in [6.45, 7) is 7.89. The van der Waals surface area contributed by atoms with Gasteiger partial charge >= 0.3 is 6.01 Å². The summed E-state index contributed by atoms with van der Waals surface area (Å²) in [4.78, 5) is 29.8. The molecule has 0 radical (unpaired) electrons. The van der Waals surface area contributed by atoms with Crippen molar-refractivity contribution < 1.29 is 23.0 Å². The topological polar surface area (TPSA) is 98.1 Å². The van der Waals surface area contributed by atoms with Crippen molar-refractivity contribution in [3.63, 3.8) is 0 Å². The lowest BCUT2D eigenvalue weighted by molar-refractivity contribution is -0.128. The standard InChI is InChI=1S/C31H39F2N7O3/c1-4-27(41)40-15-14-39(17-22(40)10-12-34)29-23-7-6-13-38(28-24(32)8-5-9-25(28)33)18-26(23)35-30(36-29)43-21-31(19-37(2)3)11-16-42-20-31/h4-5,8-9,22H,1,6-7,10-11,13-21H2,2-3H3/t22-,31?/m0/s1. The number of anilines is 2. The Labute approximate surface area is 251 Å². The molecule has 0 N–H and O–H groups in total. The number of hydrogen-bond donors (Lipinski definition) is 0. The Hall–Kier alpha value is -3.82. The number of nitrogens with zero attached hydrogens (tertiary/aromatic N) is 7. The first-order valence-corrected chi connectivity index (χ1v) is 14.7. The van der Waals surface area contributed by atoms with Gasteiger partial charge in [-0.25, -0.2) is 8.78 Å². The maximum Gasteiger partial charge on any atom is 0.318 e. The SMILES string of the molecule is C=CC(=O)N1CCN(c2nc(OCC3(CN(C)C)CCOC3)nc3c2CCCN(c2c(F)cccc2F)C3)C[C@@H]1CC#N. The van der Waals surface area contributed by atoms with E-state index in [4.69, 9.17) is 19.4 Å². The Morgan fingerprint density at radius 2 is 2.05 bits per heavy atom. The number of fused-ring (bicyclic) bond motifs is 1. The van der Waals surface area contributed by atoms with Crippen LogP contribution >= 0.6 is 0 Å². The van der Waals surface area contributed by atoms with Gasteiger partial charge in [0.15, 0.2) is 0 Å². The molecule has 1 unspecified atom stereocenters. The molecule has 230 valence electrons. The van der Waals surface area contributed by atoms with Crippen LogP contribution in [0.15, 0.2) is 30.9 Å². The summed E-state index contributed by atoms with van der Waals surface area (Å²) < 4.78 is 41.8. The molecule has 12 heteroatoms. The van der Waals surface area contributed by atoms with Crippen LogP contribution in [0.1, 0.15) is 30.5 Å². The van der Waals surface area contributed by atoms with Crippen LogP contribution in [0.4, 0.5) is 20.3 Å². The fraction of sp³-hybridized carbons (Fsp3) is 0.548. The van der Waals surface area contributed by atoms with Crippen LogP contribution in [0.5, 0.6) is 6.01 Å². The highest BCUT2D eigenvalue weighted by Gasteiger charge is 2.38. The third-order valence-electron chi connectivity index (χ3n) is 8.41. The first kappa shape index (κ1) is 30.6. The Morgan fingerprint density at radius 3 is 2.72 bits per heavy atom. The summed E-state index contributed by atoms with van der Waals surface area (Å²) in [7, 11) is 4.03. The number of carbonyl (C=O) groups is 1. The summed E-state index contributed by atoms with van der Waals surface area (Å²) in [6, 6.07) is 5.93. The number of nitriles is 1. The molecule has 5 rings (SSSR count). The number of benzene rings is 1. The van der Waals surface area contributed by atoms with E-state index in [0.29, 0.717) is 70.4 Å². The van der Waals surface area contributed by atoms with E-state index in [1.807, 2.05) is 14.1 Å². The van der Waals surface area contributed by atoms with Crippen LogP contribution in [0.3, 0.4) is 0 Å². The minimum Gasteiger partial charge on any atom is -0.463 e. The summed E-state index contributed by atoms with van der Waals surface area (Å²) >= 11 is 0. The maximum absolute atomic E-state index is 14.9. The summed E-state index contributed by atoms with van der Waals surface area (Å²) in [6.07, 6.45) is 3.52. The Kier molecular flexibility index (Phi) is 9.42. The molecule has 0 bridgehead atoms. The molecule has 2 fully saturated rings. The zero-order valence-corrected chi connectivity index (χ0v) is 24.9. The van der Waals surface area contributed by atoms with Gasteiger partial charge in [0.05, 0.1) is 37.4 Å². The van der Waals surface area contributed by atoms with E-state index >= 15 is 0 Å². The first-order chi connectivity index (χ1) is 20.7. The number of para-hydroxylation sites is 1. The third-order valence-corrected chi connectivity index (χ3v) is 8.41. The average Bonchev–Trinajstić information content (AvgIpc) is 3.33. The first-order valence-electron chi connectivity index (χ1n) is 14.7. The van der Waals surface area contributed by atoms with Crippen LogP contribution in [0.2, 0.25) is 0 Å². The number of carbonyl (C=O) groups excluding carboxylic acids is 1. The predicted octanol–water partition coefficient (Wildman–Crippen LogP) is 3.17. The van der Waals surface area contributed by atoms with Gasteiger partial charge in [0.25, 0.3) is 0 Å². The molecule has 43 heavy (non-hydrogen) atoms. The normalized spacial score (nSPS) is 22.2. The minimum atomic E-state index is -0.622. The van der Waals surface area contributed by atoms with Gasteiger partial charge in [-0.2, -0.15) is 15.2 Å². The smallest absolute Gasteiger partial charge is 0.318 e. The van der Waals surface area contributed by atoms with Crippen molar-refractivity contribution in [3.8, 4) is 12.1 Å². The second-order valence-electron chi connectivity index (χ2n) is 11.9. The Balaban J connectivity index is 1.51. The van der Waals surface area contributed by atoms with Gasteiger partial charge in [-0.3, -0.25) is 4.79 Å². The van der Waals surface area contributed by atoms with Gasteiger partial charge in [-0.1, -0.05) is 12.6 Å². The number of amides is 1. The van der Waals surface area contributed by atoms with E-state index in [-0.39, 0.29) is 42.0 Å². The molecule has 2 aromatic rings. The average molecular weight is 596 g/mol. The second kappa shape index (κ2) is 13.2. The summed E-state index contributed by atoms with van der Waals surface area (Å²) in [5, 5.41) is 9.51. The summed E-state index contributed by atoms with van der Waals surface area (Å²) in [5.74, 6) is -0.779. The quantitative estimate of drug-likeness (QED) is 0.405. The fourth-order valence-corrected chi connectivity index (χ4v) is 6.45. The van der Waals surface area contributed by atoms with E-state index in [1.54, 1.807) is 9.80 Å². The molecule has 1 aromatic heterocycles. The molecule has 3 aliphatic heterocycles. The van der Waals surface area contributed by atoms with Crippen LogP contribution in [0.25, 0.3) is 0 Å². The van der Waals surface area contributed by atoms with E-state index in [9.17, 15) is 18.8 Å². The van der Waals surface area contributed by atoms with E-state index in [1.165, 1.54) is 24.3 Å². The van der Waals surface area contributed by atoms with Gasteiger partial charge in [0.2, 0.25) is 5.91 Å². The highest BCUT2D eigenvalue weighted by Crippen LogP contribution is 2.35. The van der Waals surface area contributed by atoms with Gasteiger partial charge in [-0.05, 0) is 51.6 Å². The van der Waals surface area contributed by atoms with Crippen molar-refractivity contribution in [1.82, 2.24) is 19.8 Å². The molecule has 0 aliphatic carbocycles. The maximum atomic E-state index is 14.9. The van der Waals surface area contributed by atoms with Gasteiger partial charge in [-0.15, -0.1) is 0 Å². The molecule has 2 atom stereocenters. The van der Waals surface area contributed by atoms with E-state index in [0.717, 1.165) is 18.5 Å². The van der Waals surface area contributed by atoms with Crippen molar-refractivity contribution in [2.75, 3.05) is 76.4 Å². The Bertz CT molecular complexity index is 1360. The number of halogens is 2. The number of hydrogen-bond acceptors (Lipinski definition) is 9. The highest BCUT2D eigenvalue weighted by molar-refractivity contribution is 5.87. The number of ether oxygens (including phenoxy) is 2. The van der Waals surface area contributed by atoms with E-state index in [2.05, 4.69) is 22.4 Å². The largest absolute Gasteiger partial charge is 0.463 e. The molecule has 2 saturated heterocycles. The fourth-order valence-electron chi connectivity index (χ4n) is 6.45. The third kappa shape index (κ3) is 6.73. The molecule has 1 amide bonds. The van der Waals surface area contributed by atoms with Crippen molar-refractivity contribution in [2.45, 2.75) is 38.3 Å². The molecule has 1 aromatic carbocycles. The molecule has 0 saturated carbocycles. The van der Waals surface area contributed by atoms with Crippen LogP contribution < -0.4 is 14.5 Å². The molecular weight excluding hydrogens is 556 g/mol. The molecule has 0 spiro atoms. The Morgan fingerprint density at radius 1 is 1.26 bits per heavy atom. The minimum absolute atomic E-state index is 0.0725.